The Morgan fingerprint density at radius 1 is 1.24 bits per heavy atom. The van der Waals surface area contributed by atoms with Gasteiger partial charge in [0.2, 0.25) is 0 Å². The van der Waals surface area contributed by atoms with Crippen LogP contribution in [0.15, 0.2) is 24.3 Å². The van der Waals surface area contributed by atoms with Gasteiger partial charge in [-0.15, -0.1) is 0 Å². The Bertz CT molecular complexity index is 567. The molecule has 0 unspecified atom stereocenters. The third kappa shape index (κ3) is 1.60. The third-order valence-electron chi connectivity index (χ3n) is 3.37. The molecule has 1 amide bonds. The Balaban J connectivity index is 2.05. The summed E-state index contributed by atoms with van der Waals surface area (Å²) in [7, 11) is 1.90. The van der Waals surface area contributed by atoms with E-state index in [1.807, 2.05) is 40.8 Å². The fraction of sp³-hybridized carbons (Fsp3) is 0.385. The zero-order valence-corrected chi connectivity index (χ0v) is 9.89. The number of carbonyl (C=O) groups is 1. The molecule has 4 heteroatoms. The van der Waals surface area contributed by atoms with Crippen LogP contribution in [0.2, 0.25) is 0 Å². The summed E-state index contributed by atoms with van der Waals surface area (Å²) >= 11 is 0. The van der Waals surface area contributed by atoms with Crippen molar-refractivity contribution in [3.8, 4) is 0 Å². The van der Waals surface area contributed by atoms with Crippen LogP contribution in [0.1, 0.15) is 23.5 Å². The molecule has 4 nitrogen and oxygen atoms in total. The van der Waals surface area contributed by atoms with Gasteiger partial charge in [0.15, 0.2) is 5.82 Å². The lowest BCUT2D eigenvalue weighted by molar-refractivity contribution is 0.0778. The van der Waals surface area contributed by atoms with Crippen LogP contribution in [0.25, 0.3) is 11.0 Å². The number of likely N-dealkylation sites (tertiary alicyclic amines) is 1. The van der Waals surface area contributed by atoms with Crippen molar-refractivity contribution in [1.82, 2.24) is 14.5 Å². The molecule has 0 N–H and O–H groups in total. The van der Waals surface area contributed by atoms with Crippen LogP contribution in [-0.4, -0.2) is 33.4 Å². The zero-order chi connectivity index (χ0) is 11.8. The highest BCUT2D eigenvalue weighted by atomic mass is 16.2. The number of hydrogen-bond donors (Lipinski definition) is 0. The molecule has 1 aromatic carbocycles. The lowest BCUT2D eigenvalue weighted by Crippen LogP contribution is -2.29. The van der Waals surface area contributed by atoms with Gasteiger partial charge in [0.1, 0.15) is 0 Å². The van der Waals surface area contributed by atoms with Gasteiger partial charge in [-0.2, -0.15) is 0 Å². The molecule has 1 aromatic heterocycles. The number of aromatic nitrogens is 2. The fourth-order valence-electron chi connectivity index (χ4n) is 2.40. The Kier molecular flexibility index (Phi) is 2.35. The van der Waals surface area contributed by atoms with Gasteiger partial charge in [-0.3, -0.25) is 4.79 Å². The number of nitrogens with zero attached hydrogens (tertiary/aromatic N) is 3. The van der Waals surface area contributed by atoms with E-state index >= 15 is 0 Å². The number of carbonyl (C=O) groups excluding carboxylic acids is 1. The number of fused-ring (bicyclic) bond motifs is 1. The highest BCUT2D eigenvalue weighted by Crippen LogP contribution is 2.17. The van der Waals surface area contributed by atoms with Crippen molar-refractivity contribution in [2.24, 2.45) is 7.05 Å². The van der Waals surface area contributed by atoms with Crippen molar-refractivity contribution in [2.75, 3.05) is 13.1 Å². The van der Waals surface area contributed by atoms with Gasteiger partial charge in [0.25, 0.3) is 5.91 Å². The minimum atomic E-state index is 0.0567. The molecule has 0 aliphatic carbocycles. The Labute approximate surface area is 99.9 Å². The molecule has 0 atom stereocenters. The Morgan fingerprint density at radius 3 is 2.65 bits per heavy atom. The van der Waals surface area contributed by atoms with Crippen molar-refractivity contribution in [1.29, 1.82) is 0 Å². The highest BCUT2D eigenvalue weighted by Gasteiger charge is 2.23. The number of amides is 1. The molecule has 2 heterocycles. The van der Waals surface area contributed by atoms with Crippen LogP contribution in [0.5, 0.6) is 0 Å². The second kappa shape index (κ2) is 3.87. The predicted octanol–water partition coefficient (Wildman–Crippen LogP) is 1.81. The third-order valence-corrected chi connectivity index (χ3v) is 3.37. The lowest BCUT2D eigenvalue weighted by atomic mass is 10.3. The molecule has 1 fully saturated rings. The van der Waals surface area contributed by atoms with E-state index in [-0.39, 0.29) is 5.91 Å². The molecule has 0 radical (unpaired) electrons. The summed E-state index contributed by atoms with van der Waals surface area (Å²) in [6.45, 7) is 1.73. The predicted molar refractivity (Wildman–Crippen MR) is 65.9 cm³/mol. The first-order chi connectivity index (χ1) is 8.27. The first-order valence-corrected chi connectivity index (χ1v) is 5.98. The summed E-state index contributed by atoms with van der Waals surface area (Å²) in [5.41, 5.74) is 1.90. The first-order valence-electron chi connectivity index (χ1n) is 5.98. The molecular formula is C13H15N3O. The highest BCUT2D eigenvalue weighted by molar-refractivity contribution is 5.94. The maximum atomic E-state index is 12.3. The molecule has 2 aromatic rings. The summed E-state index contributed by atoms with van der Waals surface area (Å²) < 4.78 is 1.88. The summed E-state index contributed by atoms with van der Waals surface area (Å²) in [5, 5.41) is 0. The van der Waals surface area contributed by atoms with Crippen LogP contribution in [0.4, 0.5) is 0 Å². The molecule has 0 bridgehead atoms. The lowest BCUT2D eigenvalue weighted by Gasteiger charge is -2.14. The Hall–Kier alpha value is -1.84. The SMILES string of the molecule is Cn1c(C(=O)N2CCCC2)nc2ccccc21. The molecule has 1 saturated heterocycles. The molecule has 17 heavy (non-hydrogen) atoms. The minimum Gasteiger partial charge on any atom is -0.336 e. The standard InChI is InChI=1S/C13H15N3O/c1-15-11-7-3-2-6-10(11)14-12(15)13(17)16-8-4-5-9-16/h2-3,6-7H,4-5,8-9H2,1H3. The zero-order valence-electron chi connectivity index (χ0n) is 9.89. The summed E-state index contributed by atoms with van der Waals surface area (Å²) in [6.07, 6.45) is 2.21. The first kappa shape index (κ1) is 10.3. The largest absolute Gasteiger partial charge is 0.336 e. The molecule has 0 spiro atoms. The van der Waals surface area contributed by atoms with E-state index in [0.29, 0.717) is 5.82 Å². The van der Waals surface area contributed by atoms with Crippen LogP contribution in [-0.2, 0) is 7.05 Å². The van der Waals surface area contributed by atoms with Crippen molar-refractivity contribution in [3.63, 3.8) is 0 Å². The molecule has 0 saturated carbocycles. The van der Waals surface area contributed by atoms with Crippen LogP contribution in [0, 0.1) is 0 Å². The van der Waals surface area contributed by atoms with Crippen molar-refractivity contribution in [3.05, 3.63) is 30.1 Å². The van der Waals surface area contributed by atoms with Gasteiger partial charge < -0.3 is 9.47 Å². The number of aryl methyl sites for hydroxylation is 1. The Morgan fingerprint density at radius 2 is 1.94 bits per heavy atom. The van der Waals surface area contributed by atoms with Gasteiger partial charge in [-0.05, 0) is 25.0 Å². The maximum Gasteiger partial charge on any atom is 0.289 e. The van der Waals surface area contributed by atoms with Crippen LogP contribution < -0.4 is 0 Å². The maximum absolute atomic E-state index is 12.3. The van der Waals surface area contributed by atoms with E-state index in [0.717, 1.165) is 37.0 Å². The molecule has 1 aliphatic rings. The second-order valence-electron chi connectivity index (χ2n) is 4.48. The van der Waals surface area contributed by atoms with Gasteiger partial charge in [-0.25, -0.2) is 4.98 Å². The number of hydrogen-bond acceptors (Lipinski definition) is 2. The smallest absolute Gasteiger partial charge is 0.289 e. The van der Waals surface area contributed by atoms with Gasteiger partial charge in [0.05, 0.1) is 11.0 Å². The van der Waals surface area contributed by atoms with Gasteiger partial charge in [-0.1, -0.05) is 12.1 Å². The number of rotatable bonds is 1. The van der Waals surface area contributed by atoms with Crippen molar-refractivity contribution < 1.29 is 4.79 Å². The fourth-order valence-corrected chi connectivity index (χ4v) is 2.40. The number of para-hydroxylation sites is 2. The van der Waals surface area contributed by atoms with Crippen LogP contribution in [0.3, 0.4) is 0 Å². The average Bonchev–Trinajstić information content (AvgIpc) is 2.97. The van der Waals surface area contributed by atoms with E-state index in [1.165, 1.54) is 0 Å². The summed E-state index contributed by atoms with van der Waals surface area (Å²) in [6, 6.07) is 7.84. The molecular weight excluding hydrogens is 214 g/mol. The second-order valence-corrected chi connectivity index (χ2v) is 4.48. The van der Waals surface area contributed by atoms with E-state index in [9.17, 15) is 4.79 Å². The topological polar surface area (TPSA) is 38.1 Å². The molecule has 3 rings (SSSR count). The van der Waals surface area contributed by atoms with Gasteiger partial charge in [0, 0.05) is 20.1 Å². The average molecular weight is 229 g/mol. The van der Waals surface area contributed by atoms with E-state index in [2.05, 4.69) is 4.98 Å². The van der Waals surface area contributed by atoms with Crippen molar-refractivity contribution in [2.45, 2.75) is 12.8 Å². The summed E-state index contributed by atoms with van der Waals surface area (Å²) in [4.78, 5) is 18.6. The monoisotopic (exact) mass is 229 g/mol. The number of imidazole rings is 1. The minimum absolute atomic E-state index is 0.0567. The molecule has 88 valence electrons. The van der Waals surface area contributed by atoms with E-state index in [4.69, 9.17) is 0 Å². The number of benzene rings is 1. The molecule has 1 aliphatic heterocycles. The summed E-state index contributed by atoms with van der Waals surface area (Å²) in [5.74, 6) is 0.606. The van der Waals surface area contributed by atoms with Gasteiger partial charge >= 0.3 is 0 Å². The van der Waals surface area contributed by atoms with Crippen LogP contribution >= 0.6 is 0 Å². The quantitative estimate of drug-likeness (QED) is 0.748. The van der Waals surface area contributed by atoms with Crippen molar-refractivity contribution >= 4 is 16.9 Å². The van der Waals surface area contributed by atoms with E-state index in [1.54, 1.807) is 0 Å². The normalized spacial score (nSPS) is 15.7. The van der Waals surface area contributed by atoms with E-state index < -0.39 is 0 Å².